The lowest BCUT2D eigenvalue weighted by Gasteiger charge is -2.18. The van der Waals surface area contributed by atoms with Crippen molar-refractivity contribution in [3.8, 4) is 5.75 Å². The Morgan fingerprint density at radius 2 is 2.04 bits per heavy atom. The monoisotopic (exact) mass is 387 g/mol. The quantitative estimate of drug-likeness (QED) is 0.393. The van der Waals surface area contributed by atoms with Gasteiger partial charge in [-0.3, -0.25) is 9.67 Å². The molecule has 0 saturated heterocycles. The molecule has 0 bridgehead atoms. The molecule has 0 saturated carbocycles. The van der Waals surface area contributed by atoms with Crippen molar-refractivity contribution in [1.82, 2.24) is 20.4 Å². The lowest BCUT2D eigenvalue weighted by molar-refractivity contribution is 0.123. The predicted molar refractivity (Wildman–Crippen MR) is 113 cm³/mol. The second-order valence-corrected chi connectivity index (χ2v) is 6.89. The Kier molecular flexibility index (Phi) is 8.32. The Hall–Kier alpha value is -2.54. The summed E-state index contributed by atoms with van der Waals surface area (Å²) in [6.07, 6.45) is 0.899. The van der Waals surface area contributed by atoms with Crippen LogP contribution in [-0.2, 0) is 24.8 Å². The summed E-state index contributed by atoms with van der Waals surface area (Å²) in [6, 6.07) is 8.13. The lowest BCUT2D eigenvalue weighted by Crippen LogP contribution is -2.44. The fourth-order valence-electron chi connectivity index (χ4n) is 3.14. The Labute approximate surface area is 168 Å². The predicted octanol–water partition coefficient (Wildman–Crippen LogP) is 2.36. The van der Waals surface area contributed by atoms with Crippen LogP contribution in [0.2, 0.25) is 0 Å². The summed E-state index contributed by atoms with van der Waals surface area (Å²) in [6.45, 7) is 8.08. The number of nitrogens with one attached hydrogen (secondary N) is 2. The molecular formula is C21H33N5O2. The fraction of sp³-hybridized carbons (Fsp3) is 0.524. The van der Waals surface area contributed by atoms with Gasteiger partial charge in [-0.1, -0.05) is 18.2 Å². The molecule has 0 aliphatic heterocycles. The molecule has 0 radical (unpaired) electrons. The highest BCUT2D eigenvalue weighted by atomic mass is 16.5. The van der Waals surface area contributed by atoms with Crippen LogP contribution in [0.3, 0.4) is 0 Å². The van der Waals surface area contributed by atoms with Gasteiger partial charge in [-0.25, -0.2) is 0 Å². The number of benzene rings is 1. The second-order valence-electron chi connectivity index (χ2n) is 6.89. The minimum Gasteiger partial charge on any atom is -0.496 e. The minimum atomic E-state index is 0.238. The highest BCUT2D eigenvalue weighted by Gasteiger charge is 2.14. The summed E-state index contributed by atoms with van der Waals surface area (Å²) in [7, 11) is 5.43. The van der Waals surface area contributed by atoms with E-state index in [1.165, 1.54) is 11.3 Å². The average molecular weight is 388 g/mol. The minimum absolute atomic E-state index is 0.238. The summed E-state index contributed by atoms with van der Waals surface area (Å²) < 4.78 is 13.0. The van der Waals surface area contributed by atoms with Crippen molar-refractivity contribution >= 4 is 5.96 Å². The van der Waals surface area contributed by atoms with Gasteiger partial charge in [0, 0.05) is 37.9 Å². The zero-order valence-electron chi connectivity index (χ0n) is 17.9. The maximum atomic E-state index is 5.76. The molecule has 2 N–H and O–H groups in total. The topological polar surface area (TPSA) is 72.7 Å². The molecule has 28 heavy (non-hydrogen) atoms. The largest absolute Gasteiger partial charge is 0.496 e. The Morgan fingerprint density at radius 1 is 1.29 bits per heavy atom. The number of para-hydroxylation sites is 1. The maximum absolute atomic E-state index is 5.76. The van der Waals surface area contributed by atoms with Crippen LogP contribution in [0, 0.1) is 13.8 Å². The van der Waals surface area contributed by atoms with Crippen LogP contribution in [0.15, 0.2) is 29.3 Å². The molecule has 1 aromatic heterocycles. The molecule has 1 atom stereocenters. The number of ether oxygens (including phenoxy) is 2. The van der Waals surface area contributed by atoms with E-state index in [1.54, 1.807) is 14.2 Å². The van der Waals surface area contributed by atoms with Gasteiger partial charge in [0.1, 0.15) is 5.75 Å². The smallest absolute Gasteiger partial charge is 0.191 e. The highest BCUT2D eigenvalue weighted by molar-refractivity contribution is 5.79. The van der Waals surface area contributed by atoms with E-state index in [0.29, 0.717) is 19.8 Å². The standard InChI is InChI=1S/C21H33N5O2/c1-15(13-19-16(2)25-26(5)17(19)3)24-21(22-4)23-11-12-28-14-18-9-7-8-10-20(18)27-6/h7-10,15H,11-14H2,1-6H3,(H2,22,23,24). The first-order chi connectivity index (χ1) is 13.5. The van der Waals surface area contributed by atoms with E-state index >= 15 is 0 Å². The first-order valence-electron chi connectivity index (χ1n) is 9.62. The molecule has 1 heterocycles. The van der Waals surface area contributed by atoms with Crippen molar-refractivity contribution in [2.75, 3.05) is 27.3 Å². The van der Waals surface area contributed by atoms with Crippen molar-refractivity contribution < 1.29 is 9.47 Å². The summed E-state index contributed by atoms with van der Waals surface area (Å²) in [5.74, 6) is 1.62. The zero-order chi connectivity index (χ0) is 20.5. The molecule has 1 unspecified atom stereocenters. The van der Waals surface area contributed by atoms with Crippen molar-refractivity contribution in [1.29, 1.82) is 0 Å². The molecule has 2 rings (SSSR count). The maximum Gasteiger partial charge on any atom is 0.191 e. The molecule has 154 valence electrons. The van der Waals surface area contributed by atoms with Crippen molar-refractivity contribution in [2.24, 2.45) is 12.0 Å². The number of hydrogen-bond acceptors (Lipinski definition) is 4. The first-order valence-corrected chi connectivity index (χ1v) is 9.62. The van der Waals surface area contributed by atoms with Crippen molar-refractivity contribution in [3.05, 3.63) is 46.8 Å². The van der Waals surface area contributed by atoms with Gasteiger partial charge < -0.3 is 20.1 Å². The molecule has 0 spiro atoms. The van der Waals surface area contributed by atoms with Crippen LogP contribution in [0.1, 0.15) is 29.4 Å². The molecule has 2 aromatic rings. The summed E-state index contributed by atoms with van der Waals surface area (Å²) in [5.41, 5.74) is 4.63. The Bertz CT molecular complexity index is 785. The molecule has 0 aliphatic rings. The SMILES string of the molecule is CN=C(NCCOCc1ccccc1OC)NC(C)Cc1c(C)nn(C)c1C. The van der Waals surface area contributed by atoms with Gasteiger partial charge >= 0.3 is 0 Å². The molecule has 0 aliphatic carbocycles. The highest BCUT2D eigenvalue weighted by Crippen LogP contribution is 2.17. The number of hydrogen-bond donors (Lipinski definition) is 2. The van der Waals surface area contributed by atoms with Crippen molar-refractivity contribution in [3.63, 3.8) is 0 Å². The first kappa shape index (κ1) is 21.8. The number of aryl methyl sites for hydroxylation is 2. The Morgan fingerprint density at radius 3 is 2.68 bits per heavy atom. The van der Waals surface area contributed by atoms with Gasteiger partial charge in [-0.2, -0.15) is 5.10 Å². The van der Waals surface area contributed by atoms with Gasteiger partial charge in [0.25, 0.3) is 0 Å². The van der Waals surface area contributed by atoms with Gasteiger partial charge in [0.05, 0.1) is 26.0 Å². The summed E-state index contributed by atoms with van der Waals surface area (Å²) >= 11 is 0. The Balaban J connectivity index is 1.73. The molecule has 1 aromatic carbocycles. The van der Waals surface area contributed by atoms with Crippen LogP contribution in [0.25, 0.3) is 0 Å². The molecule has 7 heteroatoms. The number of rotatable bonds is 9. The van der Waals surface area contributed by atoms with E-state index in [9.17, 15) is 0 Å². The number of aromatic nitrogens is 2. The van der Waals surface area contributed by atoms with E-state index in [-0.39, 0.29) is 6.04 Å². The lowest BCUT2D eigenvalue weighted by atomic mass is 10.1. The van der Waals surface area contributed by atoms with Gasteiger partial charge in [0.15, 0.2) is 5.96 Å². The second kappa shape index (κ2) is 10.7. The molecule has 0 fully saturated rings. The third-order valence-electron chi connectivity index (χ3n) is 4.76. The van der Waals surface area contributed by atoms with Crippen LogP contribution >= 0.6 is 0 Å². The van der Waals surface area contributed by atoms with E-state index in [1.807, 2.05) is 36.0 Å². The molecule has 0 amide bonds. The summed E-state index contributed by atoms with van der Waals surface area (Å²) in [4.78, 5) is 4.30. The van der Waals surface area contributed by atoms with E-state index in [4.69, 9.17) is 9.47 Å². The van der Waals surface area contributed by atoms with Gasteiger partial charge in [-0.05, 0) is 38.8 Å². The third kappa shape index (κ3) is 5.99. The molecule has 7 nitrogen and oxygen atoms in total. The van der Waals surface area contributed by atoms with Crippen molar-refractivity contribution in [2.45, 2.75) is 39.8 Å². The average Bonchev–Trinajstić information content (AvgIpc) is 2.93. The number of nitrogens with zero attached hydrogens (tertiary/aromatic N) is 3. The van der Waals surface area contributed by atoms with Crippen LogP contribution in [0.4, 0.5) is 0 Å². The van der Waals surface area contributed by atoms with E-state index in [0.717, 1.165) is 29.4 Å². The zero-order valence-corrected chi connectivity index (χ0v) is 17.9. The number of guanidine groups is 1. The third-order valence-corrected chi connectivity index (χ3v) is 4.76. The number of aliphatic imine (C=N–C) groups is 1. The number of methoxy groups -OCH3 is 1. The van der Waals surface area contributed by atoms with Gasteiger partial charge in [-0.15, -0.1) is 0 Å². The molecular weight excluding hydrogens is 354 g/mol. The van der Waals surface area contributed by atoms with Crippen LogP contribution in [-0.4, -0.2) is 49.1 Å². The van der Waals surface area contributed by atoms with E-state index in [2.05, 4.69) is 41.5 Å². The van der Waals surface area contributed by atoms with Crippen LogP contribution < -0.4 is 15.4 Å². The fourth-order valence-corrected chi connectivity index (χ4v) is 3.14. The van der Waals surface area contributed by atoms with E-state index < -0.39 is 0 Å². The normalized spacial score (nSPS) is 12.7. The summed E-state index contributed by atoms with van der Waals surface area (Å²) in [5, 5.41) is 11.2. The van der Waals surface area contributed by atoms with Gasteiger partial charge in [0.2, 0.25) is 0 Å². The van der Waals surface area contributed by atoms with Crippen LogP contribution in [0.5, 0.6) is 5.75 Å².